The summed E-state index contributed by atoms with van der Waals surface area (Å²) in [5, 5.41) is 0. The van der Waals surface area contributed by atoms with E-state index in [0.29, 0.717) is 33.0 Å². The van der Waals surface area contributed by atoms with E-state index >= 15 is 0 Å². The molecule has 2 N–H and O–H groups in total. The van der Waals surface area contributed by atoms with E-state index in [2.05, 4.69) is 0 Å². The first kappa shape index (κ1) is 14.8. The van der Waals surface area contributed by atoms with Crippen LogP contribution in [0.3, 0.4) is 0 Å². The topological polar surface area (TPSA) is 53.7 Å². The van der Waals surface area contributed by atoms with Gasteiger partial charge in [-0.1, -0.05) is 0 Å². The van der Waals surface area contributed by atoms with E-state index in [-0.39, 0.29) is 11.7 Å². The minimum absolute atomic E-state index is 0.00429. The molecule has 92 valence electrons. The van der Waals surface area contributed by atoms with Crippen LogP contribution in [0.5, 0.6) is 0 Å². The molecule has 0 aromatic heterocycles. The number of rotatable bonds is 8. The normalized spacial score (nSPS) is 14.2. The fraction of sp³-hybridized carbons (Fsp3) is 1.00. The van der Waals surface area contributed by atoms with Crippen LogP contribution in [0.25, 0.3) is 0 Å². The summed E-state index contributed by atoms with van der Waals surface area (Å²) in [4.78, 5) is 0. The molecule has 0 rings (SSSR count). The van der Waals surface area contributed by atoms with Crippen molar-refractivity contribution in [1.82, 2.24) is 0 Å². The Morgan fingerprint density at radius 2 is 1.87 bits per heavy atom. The third-order valence-corrected chi connectivity index (χ3v) is 1.73. The van der Waals surface area contributed by atoms with Gasteiger partial charge in [0.2, 0.25) is 0 Å². The van der Waals surface area contributed by atoms with Crippen molar-refractivity contribution in [3.05, 3.63) is 0 Å². The van der Waals surface area contributed by atoms with Crippen LogP contribution in [0, 0.1) is 0 Å². The van der Waals surface area contributed by atoms with E-state index in [1.807, 2.05) is 27.7 Å². The monoisotopic (exact) mass is 219 g/mol. The van der Waals surface area contributed by atoms with Gasteiger partial charge in [0.25, 0.3) is 0 Å². The molecule has 0 aromatic carbocycles. The number of hydrogen-bond donors (Lipinski definition) is 1. The zero-order valence-corrected chi connectivity index (χ0v) is 10.4. The molecule has 0 aliphatic carbocycles. The predicted molar refractivity (Wildman–Crippen MR) is 61.0 cm³/mol. The summed E-state index contributed by atoms with van der Waals surface area (Å²) in [6.45, 7) is 10.9. The van der Waals surface area contributed by atoms with E-state index in [9.17, 15) is 0 Å². The van der Waals surface area contributed by atoms with Gasteiger partial charge in [0.1, 0.15) is 0 Å². The Kier molecular flexibility index (Phi) is 7.96. The van der Waals surface area contributed by atoms with Crippen LogP contribution in [0.1, 0.15) is 27.7 Å². The van der Waals surface area contributed by atoms with Gasteiger partial charge in [-0.05, 0) is 27.7 Å². The average Bonchev–Trinajstić information content (AvgIpc) is 2.14. The minimum atomic E-state index is -0.101. The zero-order chi connectivity index (χ0) is 11.7. The summed E-state index contributed by atoms with van der Waals surface area (Å²) in [5.41, 5.74) is 5.41. The van der Waals surface area contributed by atoms with Crippen molar-refractivity contribution < 1.29 is 14.2 Å². The lowest BCUT2D eigenvalue weighted by molar-refractivity contribution is -0.0562. The lowest BCUT2D eigenvalue weighted by Gasteiger charge is -2.20. The van der Waals surface area contributed by atoms with Crippen LogP contribution in [0.15, 0.2) is 0 Å². The van der Waals surface area contributed by atoms with Gasteiger partial charge in [0, 0.05) is 13.2 Å². The summed E-state index contributed by atoms with van der Waals surface area (Å²) < 4.78 is 16.3. The smallest absolute Gasteiger partial charge is 0.0930 e. The molecule has 1 atom stereocenters. The molecule has 0 spiro atoms. The summed E-state index contributed by atoms with van der Waals surface area (Å²) in [7, 11) is 0. The van der Waals surface area contributed by atoms with E-state index < -0.39 is 0 Å². The molecule has 0 fully saturated rings. The molecule has 0 aliphatic heterocycles. The fourth-order valence-corrected chi connectivity index (χ4v) is 1.04. The molecular weight excluding hydrogens is 194 g/mol. The quantitative estimate of drug-likeness (QED) is 0.623. The molecule has 0 saturated heterocycles. The molecule has 0 saturated carbocycles. The third-order valence-electron chi connectivity index (χ3n) is 1.73. The standard InChI is InChI=1S/C11H25NO3/c1-5-14-10(8-12)9-13-6-7-15-11(2,3)4/h10H,5-9,12H2,1-4H3. The van der Waals surface area contributed by atoms with Gasteiger partial charge in [0.15, 0.2) is 0 Å². The first-order valence-corrected chi connectivity index (χ1v) is 5.53. The second-order valence-electron chi connectivity index (χ2n) is 4.35. The Hall–Kier alpha value is -0.160. The molecule has 0 radical (unpaired) electrons. The Morgan fingerprint density at radius 3 is 2.33 bits per heavy atom. The Morgan fingerprint density at radius 1 is 1.20 bits per heavy atom. The Labute approximate surface area is 93.1 Å². The van der Waals surface area contributed by atoms with Crippen LogP contribution >= 0.6 is 0 Å². The number of hydrogen-bond acceptors (Lipinski definition) is 4. The van der Waals surface area contributed by atoms with E-state index in [1.54, 1.807) is 0 Å². The molecule has 4 nitrogen and oxygen atoms in total. The average molecular weight is 219 g/mol. The molecular formula is C11H25NO3. The number of nitrogens with two attached hydrogens (primary N) is 1. The maximum absolute atomic E-state index is 5.51. The Bertz CT molecular complexity index is 145. The van der Waals surface area contributed by atoms with E-state index in [1.165, 1.54) is 0 Å². The summed E-state index contributed by atoms with van der Waals surface area (Å²) in [6.07, 6.45) is 0.00429. The van der Waals surface area contributed by atoms with Crippen molar-refractivity contribution >= 4 is 0 Å². The lowest BCUT2D eigenvalue weighted by atomic mass is 10.2. The summed E-state index contributed by atoms with van der Waals surface area (Å²) in [5.74, 6) is 0. The van der Waals surface area contributed by atoms with Gasteiger partial charge >= 0.3 is 0 Å². The minimum Gasteiger partial charge on any atom is -0.376 e. The summed E-state index contributed by atoms with van der Waals surface area (Å²) >= 11 is 0. The van der Waals surface area contributed by atoms with Gasteiger partial charge in [0.05, 0.1) is 31.5 Å². The van der Waals surface area contributed by atoms with Crippen LogP contribution in [0.2, 0.25) is 0 Å². The molecule has 4 heteroatoms. The predicted octanol–water partition coefficient (Wildman–Crippen LogP) is 1.18. The maximum Gasteiger partial charge on any atom is 0.0930 e. The molecule has 0 heterocycles. The molecule has 1 unspecified atom stereocenters. The van der Waals surface area contributed by atoms with Crippen molar-refractivity contribution in [2.75, 3.05) is 33.0 Å². The Balaban J connectivity index is 3.36. The van der Waals surface area contributed by atoms with Crippen LogP contribution in [0.4, 0.5) is 0 Å². The van der Waals surface area contributed by atoms with Crippen molar-refractivity contribution in [3.8, 4) is 0 Å². The second-order valence-corrected chi connectivity index (χ2v) is 4.35. The van der Waals surface area contributed by atoms with Crippen molar-refractivity contribution in [1.29, 1.82) is 0 Å². The summed E-state index contributed by atoms with van der Waals surface area (Å²) in [6, 6.07) is 0. The lowest BCUT2D eigenvalue weighted by Crippen LogP contribution is -2.30. The van der Waals surface area contributed by atoms with Crippen LogP contribution in [-0.4, -0.2) is 44.7 Å². The first-order valence-electron chi connectivity index (χ1n) is 5.53. The fourth-order valence-electron chi connectivity index (χ4n) is 1.04. The highest BCUT2D eigenvalue weighted by atomic mass is 16.6. The van der Waals surface area contributed by atoms with E-state index in [4.69, 9.17) is 19.9 Å². The number of ether oxygens (including phenoxy) is 3. The molecule has 15 heavy (non-hydrogen) atoms. The largest absolute Gasteiger partial charge is 0.376 e. The zero-order valence-electron chi connectivity index (χ0n) is 10.4. The molecule has 0 aliphatic rings. The van der Waals surface area contributed by atoms with Gasteiger partial charge in [-0.2, -0.15) is 0 Å². The highest BCUT2D eigenvalue weighted by Gasteiger charge is 2.10. The molecule has 0 amide bonds. The van der Waals surface area contributed by atoms with E-state index in [0.717, 1.165) is 0 Å². The third kappa shape index (κ3) is 10.1. The van der Waals surface area contributed by atoms with Crippen molar-refractivity contribution in [3.63, 3.8) is 0 Å². The second kappa shape index (κ2) is 8.05. The van der Waals surface area contributed by atoms with Crippen molar-refractivity contribution in [2.24, 2.45) is 5.73 Å². The highest BCUT2D eigenvalue weighted by Crippen LogP contribution is 2.05. The van der Waals surface area contributed by atoms with Gasteiger partial charge in [-0.25, -0.2) is 0 Å². The van der Waals surface area contributed by atoms with Gasteiger partial charge < -0.3 is 19.9 Å². The van der Waals surface area contributed by atoms with Gasteiger partial charge in [-0.3, -0.25) is 0 Å². The molecule has 0 aromatic rings. The molecule has 0 bridgehead atoms. The SMILES string of the molecule is CCOC(CN)COCCOC(C)(C)C. The first-order chi connectivity index (χ1) is 6.99. The van der Waals surface area contributed by atoms with Crippen LogP contribution < -0.4 is 5.73 Å². The highest BCUT2D eigenvalue weighted by molar-refractivity contribution is 4.59. The van der Waals surface area contributed by atoms with Crippen molar-refractivity contribution in [2.45, 2.75) is 39.4 Å². The van der Waals surface area contributed by atoms with Crippen LogP contribution in [-0.2, 0) is 14.2 Å². The maximum atomic E-state index is 5.51. The van der Waals surface area contributed by atoms with Gasteiger partial charge in [-0.15, -0.1) is 0 Å².